The second kappa shape index (κ2) is 11.1. The first-order chi connectivity index (χ1) is 20.2. The first kappa shape index (κ1) is 30.1. The number of pyridine rings is 1. The summed E-state index contributed by atoms with van der Waals surface area (Å²) < 4.78 is 19.2. The van der Waals surface area contributed by atoms with Crippen molar-refractivity contribution < 1.29 is 18.7 Å². The summed E-state index contributed by atoms with van der Waals surface area (Å²) in [5, 5.41) is 10.5. The van der Waals surface area contributed by atoms with Crippen LogP contribution in [0, 0.1) is 0 Å². The molecule has 0 saturated carbocycles. The highest BCUT2D eigenvalue weighted by Crippen LogP contribution is 2.39. The molecule has 1 saturated heterocycles. The number of benzene rings is 1. The molecule has 0 spiro atoms. The van der Waals surface area contributed by atoms with Gasteiger partial charge in [0.1, 0.15) is 12.5 Å². The van der Waals surface area contributed by atoms with E-state index in [0.717, 1.165) is 24.0 Å². The quantitative estimate of drug-likeness (QED) is 0.296. The Balaban J connectivity index is 1.50. The van der Waals surface area contributed by atoms with Gasteiger partial charge in [-0.1, -0.05) is 12.1 Å². The summed E-state index contributed by atoms with van der Waals surface area (Å²) in [5.74, 6) is 0.635. The summed E-state index contributed by atoms with van der Waals surface area (Å²) in [5.41, 5.74) is 6.58. The van der Waals surface area contributed by atoms with Crippen molar-refractivity contribution >= 4 is 35.1 Å². The molecule has 0 radical (unpaired) electrons. The highest BCUT2D eigenvalue weighted by Gasteiger charge is 2.42. The zero-order valence-corrected chi connectivity index (χ0v) is 25.4. The molecule has 5 N–H and O–H groups in total. The minimum absolute atomic E-state index is 0.0976. The Hall–Kier alpha value is -4.32. The molecule has 1 aromatic carbocycles. The topological polar surface area (TPSA) is 147 Å². The molecule has 2 aliphatic heterocycles. The van der Waals surface area contributed by atoms with Crippen molar-refractivity contribution in [2.75, 3.05) is 28.8 Å². The van der Waals surface area contributed by atoms with Crippen LogP contribution in [0.1, 0.15) is 64.7 Å². The van der Waals surface area contributed by atoms with Crippen LogP contribution in [0.3, 0.4) is 0 Å². The van der Waals surface area contributed by atoms with Gasteiger partial charge in [0.05, 0.1) is 18.4 Å². The lowest BCUT2D eigenvalue weighted by Gasteiger charge is -2.46. The fraction of sp³-hybridized carbons (Fsp3) is 0.452. The number of carbonyl (C=O) groups excluding carboxylic acids is 2. The third-order valence-corrected chi connectivity index (χ3v) is 7.56. The molecule has 11 nitrogen and oxygen atoms in total. The summed E-state index contributed by atoms with van der Waals surface area (Å²) in [6.45, 7) is 11.2. The van der Waals surface area contributed by atoms with E-state index in [2.05, 4.69) is 53.6 Å². The summed E-state index contributed by atoms with van der Waals surface area (Å²) in [7, 11) is 0. The number of hydrogen-bond acceptors (Lipinski definition) is 9. The molecule has 0 atom stereocenters. The van der Waals surface area contributed by atoms with Crippen LogP contribution in [0.5, 0.6) is 5.75 Å². The maximum atomic E-state index is 13.2. The molecule has 43 heavy (non-hydrogen) atoms. The first-order valence-corrected chi connectivity index (χ1v) is 14.3. The van der Waals surface area contributed by atoms with E-state index >= 15 is 0 Å². The zero-order chi connectivity index (χ0) is 31.2. The molecule has 228 valence electrons. The molecule has 3 aromatic rings. The second-order valence-corrected chi connectivity index (χ2v) is 13.0. The van der Waals surface area contributed by atoms with Crippen molar-refractivity contribution in [2.45, 2.75) is 77.1 Å². The van der Waals surface area contributed by atoms with Crippen LogP contribution < -0.4 is 31.3 Å². The van der Waals surface area contributed by atoms with Crippen LogP contribution in [-0.2, 0) is 4.79 Å². The van der Waals surface area contributed by atoms with Crippen molar-refractivity contribution in [3.8, 4) is 16.9 Å². The van der Waals surface area contributed by atoms with E-state index in [1.807, 2.05) is 6.07 Å². The van der Waals surface area contributed by atoms with Gasteiger partial charge in [-0.15, -0.1) is 0 Å². The number of nitrogens with zero attached hydrogens (tertiary/aromatic N) is 4. The summed E-state index contributed by atoms with van der Waals surface area (Å²) in [6.07, 6.45) is 4.94. The molecule has 2 aromatic heterocycles. The maximum Gasteiger partial charge on any atom is 0.271 e. The molecule has 2 aliphatic rings. The number of amides is 2. The molecule has 0 bridgehead atoms. The van der Waals surface area contributed by atoms with Crippen LogP contribution in [0.15, 0.2) is 42.7 Å². The number of fused-ring (bicyclic) bond motifs is 1. The predicted molar refractivity (Wildman–Crippen MR) is 164 cm³/mol. The van der Waals surface area contributed by atoms with E-state index in [4.69, 9.17) is 15.5 Å². The molecule has 12 heteroatoms. The lowest BCUT2D eigenvalue weighted by molar-refractivity contribution is -0.132. The molecular weight excluding hydrogens is 551 g/mol. The van der Waals surface area contributed by atoms with Crippen molar-refractivity contribution in [1.82, 2.24) is 20.3 Å². The van der Waals surface area contributed by atoms with Gasteiger partial charge in [-0.25, -0.2) is 14.4 Å². The van der Waals surface area contributed by atoms with Gasteiger partial charge >= 0.3 is 0 Å². The van der Waals surface area contributed by atoms with Gasteiger partial charge in [0.2, 0.25) is 11.9 Å². The summed E-state index contributed by atoms with van der Waals surface area (Å²) in [6, 6.07) is 8.86. The summed E-state index contributed by atoms with van der Waals surface area (Å²) in [4.78, 5) is 39.8. The van der Waals surface area contributed by atoms with Crippen LogP contribution in [0.2, 0.25) is 0 Å². The highest BCUT2D eigenvalue weighted by molar-refractivity contribution is 6.01. The van der Waals surface area contributed by atoms with E-state index in [1.165, 1.54) is 11.1 Å². The number of alkyl halides is 1. The molecule has 1 fully saturated rings. The first-order valence-electron chi connectivity index (χ1n) is 14.3. The Morgan fingerprint density at radius 2 is 1.84 bits per heavy atom. The number of nitrogens with one attached hydrogen (secondary N) is 3. The molecule has 5 rings (SSSR count). The van der Waals surface area contributed by atoms with E-state index < -0.39 is 18.2 Å². The normalized spacial score (nSPS) is 18.9. The Morgan fingerprint density at radius 3 is 2.51 bits per heavy atom. The largest absolute Gasteiger partial charge is 0.474 e. The van der Waals surface area contributed by atoms with Gasteiger partial charge in [-0.2, -0.15) is 4.98 Å². The number of carbonyl (C=O) groups is 2. The number of rotatable bonds is 8. The second-order valence-electron chi connectivity index (χ2n) is 13.0. The Bertz CT molecular complexity index is 1540. The number of hydrogen-bond donors (Lipinski definition) is 4. The van der Waals surface area contributed by atoms with Crippen LogP contribution >= 0.6 is 0 Å². The minimum Gasteiger partial charge on any atom is -0.474 e. The average molecular weight is 591 g/mol. The SMILES string of the molecule is CC1(C)CC(Nc2nc(Nc3cnc4c(c3)OC(C)(C)C(=O)N4CCF)ncc2-c2cccc(C(N)=O)c2)CC(C)(C)N1. The molecule has 0 aliphatic carbocycles. The van der Waals surface area contributed by atoms with Gasteiger partial charge < -0.3 is 26.4 Å². The fourth-order valence-corrected chi connectivity index (χ4v) is 6.17. The Labute approximate surface area is 250 Å². The van der Waals surface area contributed by atoms with Crippen LogP contribution in [0.4, 0.5) is 27.7 Å². The molecule has 0 unspecified atom stereocenters. The number of halogens is 1. The lowest BCUT2D eigenvalue weighted by Crippen LogP contribution is -2.60. The van der Waals surface area contributed by atoms with Crippen molar-refractivity contribution in [3.05, 3.63) is 48.3 Å². The zero-order valence-electron chi connectivity index (χ0n) is 25.4. The predicted octanol–water partition coefficient (Wildman–Crippen LogP) is 4.58. The van der Waals surface area contributed by atoms with Gasteiger partial charge in [-0.05, 0) is 72.1 Å². The smallest absolute Gasteiger partial charge is 0.271 e. The fourth-order valence-electron chi connectivity index (χ4n) is 6.17. The number of primary amides is 1. The number of ether oxygens (including phenoxy) is 1. The van der Waals surface area contributed by atoms with Crippen LogP contribution in [0.25, 0.3) is 11.1 Å². The number of anilines is 4. The van der Waals surface area contributed by atoms with Crippen molar-refractivity contribution in [2.24, 2.45) is 5.73 Å². The lowest BCUT2D eigenvalue weighted by atomic mass is 9.79. The van der Waals surface area contributed by atoms with Crippen molar-refractivity contribution in [1.29, 1.82) is 0 Å². The van der Waals surface area contributed by atoms with E-state index in [0.29, 0.717) is 28.8 Å². The molecular formula is C31H39FN8O3. The monoisotopic (exact) mass is 590 g/mol. The molecule has 2 amide bonds. The Morgan fingerprint density at radius 1 is 1.12 bits per heavy atom. The minimum atomic E-state index is -1.17. The van der Waals surface area contributed by atoms with E-state index in [-0.39, 0.29) is 35.4 Å². The standard InChI is InChI=1S/C31H39FN8O3/c1-29(2)14-21(15-30(3,4)39-29)36-25-22(18-8-7-9-19(12-18)24(33)41)17-35-28(38-25)37-20-13-23-26(34-16-20)40(11-10-32)27(42)31(5,6)43-23/h7-9,12-13,16-17,21,39H,10-11,14-15H2,1-6H3,(H2,33,41)(H2,35,36,37,38). The third kappa shape index (κ3) is 6.53. The van der Waals surface area contributed by atoms with Gasteiger partial charge in [0.25, 0.3) is 5.91 Å². The highest BCUT2D eigenvalue weighted by atomic mass is 19.1. The average Bonchev–Trinajstić information content (AvgIpc) is 2.89. The molecule has 4 heterocycles. The third-order valence-electron chi connectivity index (χ3n) is 7.56. The summed E-state index contributed by atoms with van der Waals surface area (Å²) >= 11 is 0. The van der Waals surface area contributed by atoms with Gasteiger partial charge in [0.15, 0.2) is 17.2 Å². The van der Waals surface area contributed by atoms with E-state index in [9.17, 15) is 14.0 Å². The number of piperidine rings is 1. The van der Waals surface area contributed by atoms with Crippen LogP contribution in [-0.4, -0.2) is 62.7 Å². The number of nitrogens with two attached hydrogens (primary N) is 1. The maximum absolute atomic E-state index is 13.2. The van der Waals surface area contributed by atoms with Gasteiger partial charge in [0, 0.05) is 40.5 Å². The Kier molecular flexibility index (Phi) is 7.76. The van der Waals surface area contributed by atoms with E-state index in [1.54, 1.807) is 44.3 Å². The van der Waals surface area contributed by atoms with Gasteiger partial charge in [-0.3, -0.25) is 14.5 Å². The van der Waals surface area contributed by atoms with Crippen molar-refractivity contribution in [3.63, 3.8) is 0 Å². The number of aromatic nitrogens is 3.